The van der Waals surface area contributed by atoms with Gasteiger partial charge in [0, 0.05) is 50.4 Å². The maximum absolute atomic E-state index is 12.8. The molecular formula is C22H31N5O4S. The summed E-state index contributed by atoms with van der Waals surface area (Å²) in [5.41, 5.74) is 3.20. The smallest absolute Gasteiger partial charge is 0.271 e. The Morgan fingerprint density at radius 1 is 1.19 bits per heavy atom. The SMILES string of the molecule is CCN1CCN(c2ccc(NC(=O)C3=NN(C4CCS(=O)(=O)C4)C(=O)CC3)cc2C)CC1. The quantitative estimate of drug-likeness (QED) is 0.708. The van der Waals surface area contributed by atoms with E-state index in [1.807, 2.05) is 25.1 Å². The topological polar surface area (TPSA) is 102 Å². The highest BCUT2D eigenvalue weighted by Crippen LogP contribution is 2.26. The summed E-state index contributed by atoms with van der Waals surface area (Å²) in [6.07, 6.45) is 0.767. The van der Waals surface area contributed by atoms with E-state index in [9.17, 15) is 18.0 Å². The molecule has 1 N–H and O–H groups in total. The first kappa shape index (κ1) is 22.7. The van der Waals surface area contributed by atoms with Crippen LogP contribution in [0.25, 0.3) is 0 Å². The zero-order chi connectivity index (χ0) is 22.9. The molecule has 0 spiro atoms. The van der Waals surface area contributed by atoms with Gasteiger partial charge in [-0.25, -0.2) is 13.4 Å². The molecule has 3 aliphatic heterocycles. The van der Waals surface area contributed by atoms with Crippen LogP contribution in [0.2, 0.25) is 0 Å². The number of nitrogens with one attached hydrogen (secondary N) is 1. The van der Waals surface area contributed by atoms with E-state index in [-0.39, 0.29) is 41.9 Å². The summed E-state index contributed by atoms with van der Waals surface area (Å²) in [4.78, 5) is 29.9. The Kier molecular flexibility index (Phi) is 6.52. The first-order valence-electron chi connectivity index (χ1n) is 11.2. The van der Waals surface area contributed by atoms with E-state index in [0.717, 1.165) is 38.3 Å². The fraction of sp³-hybridized carbons (Fsp3) is 0.591. The van der Waals surface area contributed by atoms with Gasteiger partial charge in [-0.05, 0) is 43.7 Å². The number of sulfone groups is 1. The Morgan fingerprint density at radius 3 is 2.56 bits per heavy atom. The number of amides is 2. The van der Waals surface area contributed by atoms with E-state index in [1.54, 1.807) is 0 Å². The Hall–Kier alpha value is -2.46. The van der Waals surface area contributed by atoms with E-state index in [2.05, 4.69) is 27.1 Å². The van der Waals surface area contributed by atoms with Gasteiger partial charge in [-0.2, -0.15) is 5.10 Å². The van der Waals surface area contributed by atoms with Crippen molar-refractivity contribution in [3.63, 3.8) is 0 Å². The first-order chi connectivity index (χ1) is 15.3. The van der Waals surface area contributed by atoms with Crippen LogP contribution in [0.3, 0.4) is 0 Å². The average Bonchev–Trinajstić information content (AvgIpc) is 3.13. The second-order valence-corrected chi connectivity index (χ2v) is 10.9. The molecule has 1 aromatic rings. The lowest BCUT2D eigenvalue weighted by Gasteiger charge is -2.36. The summed E-state index contributed by atoms with van der Waals surface area (Å²) in [6, 6.07) is 5.40. The van der Waals surface area contributed by atoms with Crippen LogP contribution in [0.1, 0.15) is 31.7 Å². The molecule has 2 amide bonds. The van der Waals surface area contributed by atoms with Crippen LogP contribution < -0.4 is 10.2 Å². The van der Waals surface area contributed by atoms with E-state index >= 15 is 0 Å². The lowest BCUT2D eigenvalue weighted by Crippen LogP contribution is -2.46. The molecule has 0 radical (unpaired) electrons. The number of hydrogen-bond acceptors (Lipinski definition) is 7. The van der Waals surface area contributed by atoms with Crippen LogP contribution in [0.15, 0.2) is 23.3 Å². The number of benzene rings is 1. The van der Waals surface area contributed by atoms with Crippen molar-refractivity contribution >= 4 is 38.7 Å². The summed E-state index contributed by atoms with van der Waals surface area (Å²) in [6.45, 7) is 9.35. The van der Waals surface area contributed by atoms with Gasteiger partial charge < -0.3 is 15.1 Å². The molecule has 0 bridgehead atoms. The average molecular weight is 462 g/mol. The predicted octanol–water partition coefficient (Wildman–Crippen LogP) is 1.24. The van der Waals surface area contributed by atoms with Gasteiger partial charge in [0.2, 0.25) is 5.91 Å². The van der Waals surface area contributed by atoms with Gasteiger partial charge >= 0.3 is 0 Å². The van der Waals surface area contributed by atoms with Gasteiger partial charge in [-0.3, -0.25) is 9.59 Å². The minimum atomic E-state index is -3.15. The maximum Gasteiger partial charge on any atom is 0.271 e. The molecule has 1 unspecified atom stereocenters. The number of hydrazone groups is 1. The molecule has 4 rings (SSSR count). The summed E-state index contributed by atoms with van der Waals surface area (Å²) >= 11 is 0. The molecule has 9 nitrogen and oxygen atoms in total. The van der Waals surface area contributed by atoms with Gasteiger partial charge in [0.15, 0.2) is 9.84 Å². The summed E-state index contributed by atoms with van der Waals surface area (Å²) in [5.74, 6) is -0.624. The summed E-state index contributed by atoms with van der Waals surface area (Å²) in [7, 11) is -3.15. The molecule has 0 aromatic heterocycles. The Morgan fingerprint density at radius 2 is 1.94 bits per heavy atom. The van der Waals surface area contributed by atoms with Crippen molar-refractivity contribution in [3.8, 4) is 0 Å². The monoisotopic (exact) mass is 461 g/mol. The molecule has 0 aliphatic carbocycles. The highest BCUT2D eigenvalue weighted by atomic mass is 32.2. The third kappa shape index (κ3) is 4.96. The Labute approximate surface area is 189 Å². The third-order valence-electron chi connectivity index (χ3n) is 6.49. The molecule has 1 aromatic carbocycles. The van der Waals surface area contributed by atoms with E-state index in [1.165, 1.54) is 10.7 Å². The van der Waals surface area contributed by atoms with Gasteiger partial charge in [-0.15, -0.1) is 0 Å². The maximum atomic E-state index is 12.8. The fourth-order valence-corrected chi connectivity index (χ4v) is 6.28. The minimum Gasteiger partial charge on any atom is -0.369 e. The molecule has 10 heteroatoms. The number of rotatable bonds is 5. The van der Waals surface area contributed by atoms with Gasteiger partial charge in [0.25, 0.3) is 5.91 Å². The number of carbonyl (C=O) groups is 2. The molecule has 32 heavy (non-hydrogen) atoms. The number of piperazine rings is 1. The fourth-order valence-electron chi connectivity index (χ4n) is 4.58. The lowest BCUT2D eigenvalue weighted by molar-refractivity contribution is -0.133. The summed E-state index contributed by atoms with van der Waals surface area (Å²) in [5, 5.41) is 8.35. The zero-order valence-corrected chi connectivity index (χ0v) is 19.5. The molecule has 3 aliphatic rings. The highest BCUT2D eigenvalue weighted by molar-refractivity contribution is 7.91. The van der Waals surface area contributed by atoms with Crippen molar-refractivity contribution in [1.29, 1.82) is 0 Å². The van der Waals surface area contributed by atoms with E-state index in [0.29, 0.717) is 12.1 Å². The van der Waals surface area contributed by atoms with Crippen molar-refractivity contribution in [2.75, 3.05) is 54.4 Å². The zero-order valence-electron chi connectivity index (χ0n) is 18.7. The van der Waals surface area contributed by atoms with Crippen molar-refractivity contribution < 1.29 is 18.0 Å². The van der Waals surface area contributed by atoms with Crippen LogP contribution in [-0.4, -0.2) is 86.1 Å². The standard InChI is InChI=1S/C22H31N5O4S/c1-3-25-9-11-26(12-10-25)20-6-4-17(14-16(20)2)23-22(29)19-5-7-21(28)27(24-19)18-8-13-32(30,31)15-18/h4,6,14,18H,3,5,7-13,15H2,1-2H3,(H,23,29). The number of likely N-dealkylation sites (N-methyl/N-ethyl adjacent to an activating group) is 1. The normalized spacial score (nSPS) is 23.9. The van der Waals surface area contributed by atoms with Gasteiger partial charge in [-0.1, -0.05) is 6.92 Å². The second kappa shape index (κ2) is 9.19. The largest absolute Gasteiger partial charge is 0.369 e. The highest BCUT2D eigenvalue weighted by Gasteiger charge is 2.37. The number of aryl methyl sites for hydroxylation is 1. The predicted molar refractivity (Wildman–Crippen MR) is 125 cm³/mol. The molecular weight excluding hydrogens is 430 g/mol. The van der Waals surface area contributed by atoms with E-state index < -0.39 is 15.9 Å². The molecule has 2 fully saturated rings. The number of hydrogen-bond donors (Lipinski definition) is 1. The van der Waals surface area contributed by atoms with Crippen molar-refractivity contribution in [2.24, 2.45) is 5.10 Å². The Balaban J connectivity index is 1.42. The molecule has 174 valence electrons. The van der Waals surface area contributed by atoms with Crippen molar-refractivity contribution in [2.45, 2.75) is 39.2 Å². The van der Waals surface area contributed by atoms with Gasteiger partial charge in [0.1, 0.15) is 5.71 Å². The second-order valence-electron chi connectivity index (χ2n) is 8.72. The molecule has 1 atom stereocenters. The van der Waals surface area contributed by atoms with Crippen LogP contribution >= 0.6 is 0 Å². The van der Waals surface area contributed by atoms with Crippen LogP contribution in [0.5, 0.6) is 0 Å². The lowest BCUT2D eigenvalue weighted by atomic mass is 10.1. The number of anilines is 2. The van der Waals surface area contributed by atoms with Crippen molar-refractivity contribution in [1.82, 2.24) is 9.91 Å². The van der Waals surface area contributed by atoms with E-state index in [4.69, 9.17) is 0 Å². The number of nitrogens with zero attached hydrogens (tertiary/aromatic N) is 4. The summed E-state index contributed by atoms with van der Waals surface area (Å²) < 4.78 is 23.6. The Bertz CT molecular complexity index is 1030. The number of carbonyl (C=O) groups excluding carboxylic acids is 2. The van der Waals surface area contributed by atoms with Gasteiger partial charge in [0.05, 0.1) is 17.5 Å². The third-order valence-corrected chi connectivity index (χ3v) is 8.24. The molecule has 0 saturated carbocycles. The van der Waals surface area contributed by atoms with Crippen LogP contribution in [-0.2, 0) is 19.4 Å². The van der Waals surface area contributed by atoms with Crippen molar-refractivity contribution in [3.05, 3.63) is 23.8 Å². The van der Waals surface area contributed by atoms with Crippen LogP contribution in [0.4, 0.5) is 11.4 Å². The minimum absolute atomic E-state index is 0.0532. The van der Waals surface area contributed by atoms with Crippen LogP contribution in [0, 0.1) is 6.92 Å². The molecule has 3 heterocycles. The first-order valence-corrected chi connectivity index (χ1v) is 13.1. The molecule has 2 saturated heterocycles.